The zero-order chi connectivity index (χ0) is 22.4. The summed E-state index contributed by atoms with van der Waals surface area (Å²) >= 11 is 0. The minimum Gasteiger partial charge on any atom is -0.493 e. The van der Waals surface area contributed by atoms with Crippen molar-refractivity contribution in [1.29, 1.82) is 0 Å². The molecular weight excluding hydrogens is 399 g/mol. The molecule has 0 saturated carbocycles. The molecule has 6 nitrogen and oxygen atoms in total. The van der Waals surface area contributed by atoms with E-state index in [1.165, 1.54) is 6.07 Å². The maximum atomic E-state index is 14.2. The first kappa shape index (κ1) is 22.6. The van der Waals surface area contributed by atoms with E-state index in [-0.39, 0.29) is 30.3 Å². The van der Waals surface area contributed by atoms with Crippen molar-refractivity contribution in [3.63, 3.8) is 0 Å². The van der Waals surface area contributed by atoms with Crippen LogP contribution in [0.3, 0.4) is 0 Å². The summed E-state index contributed by atoms with van der Waals surface area (Å²) < 4.78 is 24.8. The highest BCUT2D eigenvalue weighted by molar-refractivity contribution is 6.01. The third kappa shape index (κ3) is 5.75. The number of halogens is 1. The number of amides is 1. The van der Waals surface area contributed by atoms with Crippen LogP contribution in [0.5, 0.6) is 11.5 Å². The molecule has 0 unspecified atom stereocenters. The van der Waals surface area contributed by atoms with Gasteiger partial charge in [-0.2, -0.15) is 0 Å². The van der Waals surface area contributed by atoms with Gasteiger partial charge in [0.15, 0.2) is 17.6 Å². The molecular formula is C24H29FN2O4. The van der Waals surface area contributed by atoms with Crippen LogP contribution in [0.15, 0.2) is 47.6 Å². The van der Waals surface area contributed by atoms with Crippen LogP contribution in [0.1, 0.15) is 37.8 Å². The number of ether oxygens (including phenoxy) is 2. The second kappa shape index (κ2) is 10.3. The molecule has 0 aliphatic carbocycles. The lowest BCUT2D eigenvalue weighted by atomic mass is 10.0. The summed E-state index contributed by atoms with van der Waals surface area (Å²) in [5.74, 6) is 1.11. The Labute approximate surface area is 182 Å². The van der Waals surface area contributed by atoms with Crippen molar-refractivity contribution in [3.05, 3.63) is 59.4 Å². The molecule has 2 aromatic carbocycles. The van der Waals surface area contributed by atoms with Crippen LogP contribution >= 0.6 is 0 Å². The molecule has 0 saturated heterocycles. The minimum atomic E-state index is -0.320. The van der Waals surface area contributed by atoms with Crippen LogP contribution < -0.4 is 9.47 Å². The molecule has 1 amide bonds. The van der Waals surface area contributed by atoms with E-state index in [9.17, 15) is 9.18 Å². The van der Waals surface area contributed by atoms with Crippen molar-refractivity contribution in [1.82, 2.24) is 4.90 Å². The topological polar surface area (TPSA) is 60.4 Å². The van der Waals surface area contributed by atoms with Crippen LogP contribution in [0.25, 0.3) is 0 Å². The van der Waals surface area contributed by atoms with Crippen molar-refractivity contribution in [3.8, 4) is 11.5 Å². The van der Waals surface area contributed by atoms with Crippen LogP contribution in [-0.2, 0) is 16.2 Å². The summed E-state index contributed by atoms with van der Waals surface area (Å²) in [5, 5.41) is 4.22. The van der Waals surface area contributed by atoms with E-state index in [2.05, 4.69) is 5.16 Å². The quantitative estimate of drug-likeness (QED) is 0.594. The molecule has 2 aromatic rings. The Balaban J connectivity index is 1.71. The van der Waals surface area contributed by atoms with Gasteiger partial charge in [-0.05, 0) is 30.2 Å². The van der Waals surface area contributed by atoms with Crippen LogP contribution in [0.4, 0.5) is 4.39 Å². The standard InChI is InChI=1S/C24H29FN2O4/c1-16(2)11-24(28)27(14-18-7-5-6-8-20(18)25)15-19-13-21(26-31-19)17-9-10-22(29-3)23(12-17)30-4/h5-10,12,16,19H,11,13-15H2,1-4H3/t19-/m0/s1. The van der Waals surface area contributed by atoms with Gasteiger partial charge >= 0.3 is 0 Å². The molecule has 31 heavy (non-hydrogen) atoms. The fourth-order valence-corrected chi connectivity index (χ4v) is 3.52. The number of methoxy groups -OCH3 is 2. The van der Waals surface area contributed by atoms with Crippen molar-refractivity contribution >= 4 is 11.6 Å². The first-order valence-electron chi connectivity index (χ1n) is 10.4. The monoisotopic (exact) mass is 428 g/mol. The SMILES string of the molecule is COc1ccc(C2=NO[C@H](CN(Cc3ccccc3F)C(=O)CC(C)C)C2)cc1OC. The van der Waals surface area contributed by atoms with Gasteiger partial charge in [-0.25, -0.2) is 4.39 Å². The number of oxime groups is 1. The average molecular weight is 429 g/mol. The van der Waals surface area contributed by atoms with Crippen LogP contribution in [0.2, 0.25) is 0 Å². The van der Waals surface area contributed by atoms with Gasteiger partial charge < -0.3 is 19.2 Å². The van der Waals surface area contributed by atoms with E-state index in [0.717, 1.165) is 11.3 Å². The molecule has 0 radical (unpaired) electrons. The predicted molar refractivity (Wildman–Crippen MR) is 117 cm³/mol. The summed E-state index contributed by atoms with van der Waals surface area (Å²) in [4.78, 5) is 20.1. The largest absolute Gasteiger partial charge is 0.493 e. The Morgan fingerprint density at radius 2 is 1.94 bits per heavy atom. The molecule has 166 valence electrons. The number of hydrogen-bond acceptors (Lipinski definition) is 5. The van der Waals surface area contributed by atoms with Crippen molar-refractivity contribution in [2.45, 2.75) is 39.3 Å². The summed E-state index contributed by atoms with van der Waals surface area (Å²) in [6, 6.07) is 12.1. The second-order valence-electron chi connectivity index (χ2n) is 8.00. The Hall–Kier alpha value is -3.09. The second-order valence-corrected chi connectivity index (χ2v) is 8.00. The van der Waals surface area contributed by atoms with Gasteiger partial charge in [0.2, 0.25) is 5.91 Å². The van der Waals surface area contributed by atoms with Crippen molar-refractivity contribution in [2.75, 3.05) is 20.8 Å². The Kier molecular flexibility index (Phi) is 7.50. The molecule has 0 fully saturated rings. The minimum absolute atomic E-state index is 0.0265. The number of nitrogens with zero attached hydrogens (tertiary/aromatic N) is 2. The number of rotatable bonds is 9. The molecule has 1 aliphatic rings. The lowest BCUT2D eigenvalue weighted by molar-refractivity contribution is -0.134. The van der Waals surface area contributed by atoms with Gasteiger partial charge in [0.25, 0.3) is 0 Å². The smallest absolute Gasteiger partial charge is 0.223 e. The molecule has 1 heterocycles. The molecule has 0 N–H and O–H groups in total. The van der Waals surface area contributed by atoms with E-state index in [1.54, 1.807) is 37.3 Å². The zero-order valence-corrected chi connectivity index (χ0v) is 18.4. The van der Waals surface area contributed by atoms with Crippen LogP contribution in [-0.4, -0.2) is 43.4 Å². The average Bonchev–Trinajstić information content (AvgIpc) is 3.22. The van der Waals surface area contributed by atoms with Gasteiger partial charge in [-0.15, -0.1) is 0 Å². The van der Waals surface area contributed by atoms with Gasteiger partial charge in [0.05, 0.1) is 26.5 Å². The molecule has 7 heteroatoms. The van der Waals surface area contributed by atoms with Gasteiger partial charge in [0.1, 0.15) is 5.82 Å². The highest BCUT2D eigenvalue weighted by atomic mass is 19.1. The Bertz CT molecular complexity index is 945. The third-order valence-electron chi connectivity index (χ3n) is 5.13. The first-order chi connectivity index (χ1) is 14.9. The van der Waals surface area contributed by atoms with E-state index in [4.69, 9.17) is 14.3 Å². The highest BCUT2D eigenvalue weighted by Crippen LogP contribution is 2.29. The molecule has 0 aromatic heterocycles. The number of carbonyl (C=O) groups is 1. The summed E-state index contributed by atoms with van der Waals surface area (Å²) in [6.45, 7) is 4.51. The van der Waals surface area contributed by atoms with E-state index < -0.39 is 0 Å². The molecule has 1 atom stereocenters. The lowest BCUT2D eigenvalue weighted by Crippen LogP contribution is -2.38. The Morgan fingerprint density at radius 1 is 1.19 bits per heavy atom. The summed E-state index contributed by atoms with van der Waals surface area (Å²) in [7, 11) is 3.17. The number of benzene rings is 2. The fraction of sp³-hybridized carbons (Fsp3) is 0.417. The summed E-state index contributed by atoms with van der Waals surface area (Å²) in [5.41, 5.74) is 2.13. The maximum Gasteiger partial charge on any atom is 0.223 e. The number of carbonyl (C=O) groups excluding carboxylic acids is 1. The predicted octanol–water partition coefficient (Wildman–Crippen LogP) is 4.41. The van der Waals surface area contributed by atoms with E-state index >= 15 is 0 Å². The van der Waals surface area contributed by atoms with E-state index in [1.807, 2.05) is 32.0 Å². The molecule has 0 spiro atoms. The van der Waals surface area contributed by atoms with Crippen molar-refractivity contribution in [2.24, 2.45) is 11.1 Å². The molecule has 1 aliphatic heterocycles. The van der Waals surface area contributed by atoms with Gasteiger partial charge in [-0.3, -0.25) is 4.79 Å². The van der Waals surface area contributed by atoms with E-state index in [0.29, 0.717) is 36.4 Å². The zero-order valence-electron chi connectivity index (χ0n) is 18.4. The maximum absolute atomic E-state index is 14.2. The van der Waals surface area contributed by atoms with Crippen LogP contribution in [0, 0.1) is 11.7 Å². The summed E-state index contributed by atoms with van der Waals surface area (Å²) in [6.07, 6.45) is 0.633. The fourth-order valence-electron chi connectivity index (χ4n) is 3.52. The number of hydrogen-bond donors (Lipinski definition) is 0. The van der Waals surface area contributed by atoms with Gasteiger partial charge in [0, 0.05) is 30.5 Å². The lowest BCUT2D eigenvalue weighted by Gasteiger charge is -2.26. The van der Waals surface area contributed by atoms with Crippen molar-refractivity contribution < 1.29 is 23.5 Å². The normalized spacial score (nSPS) is 15.4. The van der Waals surface area contributed by atoms with Gasteiger partial charge in [-0.1, -0.05) is 37.2 Å². The third-order valence-corrected chi connectivity index (χ3v) is 5.13. The molecule has 0 bridgehead atoms. The first-order valence-corrected chi connectivity index (χ1v) is 10.4. The Morgan fingerprint density at radius 3 is 2.61 bits per heavy atom. The highest BCUT2D eigenvalue weighted by Gasteiger charge is 2.28. The molecule has 3 rings (SSSR count).